The smallest absolute Gasteiger partial charge is 0.251 e. The lowest BCUT2D eigenvalue weighted by Crippen LogP contribution is -2.57. The minimum atomic E-state index is -0.971. The van der Waals surface area contributed by atoms with E-state index in [2.05, 4.69) is 66.8 Å². The van der Waals surface area contributed by atoms with E-state index < -0.39 is 11.6 Å². The lowest BCUT2D eigenvalue weighted by Gasteiger charge is -2.34. The molecule has 246 valence electrons. The van der Waals surface area contributed by atoms with Gasteiger partial charge in [-0.2, -0.15) is 0 Å². The highest BCUT2D eigenvalue weighted by Crippen LogP contribution is 2.49. The topological polar surface area (TPSA) is 93.8 Å². The second kappa shape index (κ2) is 15.6. The molecule has 4 rings (SSSR count). The summed E-state index contributed by atoms with van der Waals surface area (Å²) in [5, 5.41) is 9.93. The number of nitrogens with zero attached hydrogens (tertiary/aromatic N) is 2. The van der Waals surface area contributed by atoms with Crippen LogP contribution in [0.1, 0.15) is 86.7 Å². The largest absolute Gasteiger partial charge is 0.351 e. The third-order valence-corrected chi connectivity index (χ3v) is 9.72. The van der Waals surface area contributed by atoms with Crippen LogP contribution in [0.2, 0.25) is 5.02 Å². The molecule has 3 N–H and O–H groups in total. The number of amides is 3. The van der Waals surface area contributed by atoms with Gasteiger partial charge in [-0.1, -0.05) is 62.6 Å². The minimum absolute atomic E-state index is 0.0233. The van der Waals surface area contributed by atoms with Crippen LogP contribution in [0.3, 0.4) is 0 Å². The predicted molar refractivity (Wildman–Crippen MR) is 181 cm³/mol. The number of hydrogen-bond acceptors (Lipinski definition) is 5. The van der Waals surface area contributed by atoms with Crippen molar-refractivity contribution in [3.8, 4) is 0 Å². The number of benzene rings is 2. The Bertz CT molecular complexity index is 1320. The third-order valence-electron chi connectivity index (χ3n) is 9.48. The average Bonchev–Trinajstić information content (AvgIpc) is 3.73. The van der Waals surface area contributed by atoms with E-state index in [0.717, 1.165) is 62.9 Å². The molecule has 9 heteroatoms. The molecule has 8 nitrogen and oxygen atoms in total. The van der Waals surface area contributed by atoms with Crippen molar-refractivity contribution < 1.29 is 14.4 Å². The Hall–Kier alpha value is -2.94. The molecule has 2 aromatic carbocycles. The highest BCUT2D eigenvalue weighted by Gasteiger charge is 2.62. The maximum absolute atomic E-state index is 13.9. The van der Waals surface area contributed by atoms with Crippen LogP contribution < -0.4 is 16.0 Å². The number of carbonyl (C=O) groups is 3. The molecule has 2 aliphatic rings. The molecule has 5 atom stereocenters. The Morgan fingerprint density at radius 3 is 2.33 bits per heavy atom. The van der Waals surface area contributed by atoms with Crippen molar-refractivity contribution in [1.29, 1.82) is 0 Å². The molecule has 3 amide bonds. The van der Waals surface area contributed by atoms with Crippen LogP contribution in [-0.2, 0) is 16.1 Å². The quantitative estimate of drug-likeness (QED) is 0.264. The fraction of sp³-hybridized carbons (Fsp3) is 0.583. The van der Waals surface area contributed by atoms with E-state index in [4.69, 9.17) is 11.6 Å². The van der Waals surface area contributed by atoms with Gasteiger partial charge in [-0.15, -0.1) is 0 Å². The molecule has 2 aliphatic carbocycles. The van der Waals surface area contributed by atoms with E-state index in [0.29, 0.717) is 17.0 Å². The second-order valence-electron chi connectivity index (χ2n) is 13.8. The number of rotatable bonds is 14. The fourth-order valence-corrected chi connectivity index (χ4v) is 6.97. The monoisotopic (exact) mass is 637 g/mol. The zero-order chi connectivity index (χ0) is 32.7. The zero-order valence-electron chi connectivity index (χ0n) is 27.9. The number of carbonyl (C=O) groups excluding carboxylic acids is 3. The van der Waals surface area contributed by atoms with Crippen molar-refractivity contribution in [2.45, 2.75) is 89.4 Å². The van der Waals surface area contributed by atoms with Gasteiger partial charge in [0.25, 0.3) is 5.91 Å². The maximum atomic E-state index is 13.9. The lowest BCUT2D eigenvalue weighted by atomic mass is 9.79. The van der Waals surface area contributed by atoms with Crippen LogP contribution in [0, 0.1) is 11.8 Å². The summed E-state index contributed by atoms with van der Waals surface area (Å²) >= 11 is 6.30. The van der Waals surface area contributed by atoms with E-state index in [1.54, 1.807) is 19.1 Å². The van der Waals surface area contributed by atoms with Gasteiger partial charge in [-0.05, 0) is 114 Å². The molecule has 0 saturated heterocycles. The Labute approximate surface area is 274 Å². The molecule has 2 fully saturated rings. The fourth-order valence-electron chi connectivity index (χ4n) is 6.77. The van der Waals surface area contributed by atoms with Crippen LogP contribution in [0.4, 0.5) is 0 Å². The first-order valence-electron chi connectivity index (χ1n) is 16.5. The first-order valence-corrected chi connectivity index (χ1v) is 16.9. The van der Waals surface area contributed by atoms with Crippen molar-refractivity contribution in [3.05, 3.63) is 70.2 Å². The Morgan fingerprint density at radius 2 is 1.69 bits per heavy atom. The van der Waals surface area contributed by atoms with Gasteiger partial charge in [0.15, 0.2) is 0 Å². The molecule has 45 heavy (non-hydrogen) atoms. The first-order chi connectivity index (χ1) is 21.4. The summed E-state index contributed by atoms with van der Waals surface area (Å²) in [7, 11) is 6.25. The molecule has 0 spiro atoms. The van der Waals surface area contributed by atoms with Gasteiger partial charge in [0.05, 0.1) is 0 Å². The number of hydrogen-bond donors (Lipinski definition) is 3. The molecule has 0 bridgehead atoms. The lowest BCUT2D eigenvalue weighted by molar-refractivity contribution is -0.132. The maximum Gasteiger partial charge on any atom is 0.251 e. The van der Waals surface area contributed by atoms with Crippen LogP contribution in [-0.4, -0.2) is 79.4 Å². The van der Waals surface area contributed by atoms with Crippen molar-refractivity contribution >= 4 is 29.3 Å². The predicted octanol–water partition coefficient (Wildman–Crippen LogP) is 5.22. The van der Waals surface area contributed by atoms with Crippen LogP contribution >= 0.6 is 11.6 Å². The summed E-state index contributed by atoms with van der Waals surface area (Å²) < 4.78 is 0. The van der Waals surface area contributed by atoms with E-state index in [1.165, 1.54) is 0 Å². The van der Waals surface area contributed by atoms with E-state index in [9.17, 15) is 14.4 Å². The van der Waals surface area contributed by atoms with Crippen molar-refractivity contribution in [3.63, 3.8) is 0 Å². The summed E-state index contributed by atoms with van der Waals surface area (Å²) in [5.74, 6) is -0.363. The summed E-state index contributed by atoms with van der Waals surface area (Å²) in [6.07, 6.45) is 5.70. The van der Waals surface area contributed by atoms with Crippen molar-refractivity contribution in [2.75, 3.05) is 34.2 Å². The molecule has 0 heterocycles. The highest BCUT2D eigenvalue weighted by molar-refractivity contribution is 6.30. The standard InChI is InChI=1S/C36H52ClN5O3/c1-24(2)31-22-36(31,35(45)39-32-14-8-7-13-30(32)28-11-9-12-29(37)21-28)40-33(43)25(3)38-34(44)27-17-15-26(16-18-27)23-42(6)20-10-19-41(4)5/h9,11-12,15-18,21,24-25,30-32H,7-8,10,13-14,19-20,22-23H2,1-6H3,(H,38,44)(H,39,45)(H,40,43)/t25-,30-,31-,32?,36?/m1/s1. The third kappa shape index (κ3) is 9.30. The molecule has 2 aromatic rings. The van der Waals surface area contributed by atoms with Gasteiger partial charge in [0.1, 0.15) is 11.6 Å². The van der Waals surface area contributed by atoms with Gasteiger partial charge in [0, 0.05) is 29.1 Å². The van der Waals surface area contributed by atoms with Gasteiger partial charge in [0.2, 0.25) is 11.8 Å². The van der Waals surface area contributed by atoms with Gasteiger partial charge in [-0.3, -0.25) is 14.4 Å². The van der Waals surface area contributed by atoms with Crippen LogP contribution in [0.5, 0.6) is 0 Å². The summed E-state index contributed by atoms with van der Waals surface area (Å²) in [4.78, 5) is 44.8. The van der Waals surface area contributed by atoms with Gasteiger partial charge >= 0.3 is 0 Å². The minimum Gasteiger partial charge on any atom is -0.351 e. The molecular formula is C36H52ClN5O3. The van der Waals surface area contributed by atoms with Gasteiger partial charge in [-0.25, -0.2) is 0 Å². The Kier molecular flexibility index (Phi) is 12.1. The molecule has 2 unspecified atom stereocenters. The van der Waals surface area contributed by atoms with Crippen molar-refractivity contribution in [1.82, 2.24) is 25.8 Å². The number of nitrogens with one attached hydrogen (secondary N) is 3. The normalized spacial score (nSPS) is 23.6. The average molecular weight is 638 g/mol. The highest BCUT2D eigenvalue weighted by atomic mass is 35.5. The molecule has 0 aliphatic heterocycles. The number of halogens is 1. The van der Waals surface area contributed by atoms with Crippen LogP contribution in [0.15, 0.2) is 48.5 Å². The second-order valence-corrected chi connectivity index (χ2v) is 14.3. The van der Waals surface area contributed by atoms with E-state index >= 15 is 0 Å². The van der Waals surface area contributed by atoms with E-state index in [-0.39, 0.29) is 41.5 Å². The molecular weight excluding hydrogens is 586 g/mol. The zero-order valence-corrected chi connectivity index (χ0v) is 28.6. The summed E-state index contributed by atoms with van der Waals surface area (Å²) in [5.41, 5.74) is 1.79. The SMILES string of the molecule is CC(C)[C@H]1CC1(NC(=O)[C@@H](C)NC(=O)c1ccc(CN(C)CCCN(C)C)cc1)C(=O)NC1CCCC[C@@H]1c1cccc(Cl)c1. The summed E-state index contributed by atoms with van der Waals surface area (Å²) in [6, 6.07) is 14.6. The Morgan fingerprint density at radius 1 is 0.978 bits per heavy atom. The molecule has 0 radical (unpaired) electrons. The Balaban J connectivity index is 1.35. The van der Waals surface area contributed by atoms with Crippen molar-refractivity contribution in [2.24, 2.45) is 11.8 Å². The van der Waals surface area contributed by atoms with Gasteiger partial charge < -0.3 is 25.8 Å². The van der Waals surface area contributed by atoms with E-state index in [1.807, 2.05) is 30.3 Å². The van der Waals surface area contributed by atoms with Crippen LogP contribution in [0.25, 0.3) is 0 Å². The summed E-state index contributed by atoms with van der Waals surface area (Å²) in [6.45, 7) is 8.67. The molecule has 2 saturated carbocycles. The molecule has 0 aromatic heterocycles. The first kappa shape index (κ1) is 34.9.